The molecule has 2 heterocycles. The number of nitrogens with zero attached hydrogens (tertiary/aromatic N) is 1. The van der Waals surface area contributed by atoms with Gasteiger partial charge in [0.15, 0.2) is 0 Å². The minimum atomic E-state index is -1.08. The molecular weight excluding hydrogens is 496 g/mol. The SMILES string of the molecule is Cc1ccc(COc2ccc(NC(=O)NCc3ccc4c(c3)CN([C@]3(C)CCC(=O)NC3=O)C4=O)cc2)cc1. The number of benzene rings is 3. The van der Waals surface area contributed by atoms with E-state index in [-0.39, 0.29) is 43.8 Å². The van der Waals surface area contributed by atoms with Crippen molar-refractivity contribution in [2.75, 3.05) is 5.32 Å². The van der Waals surface area contributed by atoms with Crippen molar-refractivity contribution in [3.8, 4) is 5.75 Å². The lowest BCUT2D eigenvalue weighted by Crippen LogP contribution is -2.61. The predicted octanol–water partition coefficient (Wildman–Crippen LogP) is 4.05. The number of anilines is 1. The summed E-state index contributed by atoms with van der Waals surface area (Å²) in [6.07, 6.45) is 0.474. The Morgan fingerprint density at radius 3 is 2.44 bits per heavy atom. The number of nitrogens with one attached hydrogen (secondary N) is 3. The molecule has 1 saturated heterocycles. The van der Waals surface area contributed by atoms with Gasteiger partial charge in [0.1, 0.15) is 17.9 Å². The van der Waals surface area contributed by atoms with E-state index in [0.717, 1.165) is 16.7 Å². The Hall–Kier alpha value is -4.66. The maximum atomic E-state index is 13.0. The molecule has 39 heavy (non-hydrogen) atoms. The summed E-state index contributed by atoms with van der Waals surface area (Å²) in [4.78, 5) is 51.1. The van der Waals surface area contributed by atoms with Crippen LogP contribution in [0.15, 0.2) is 66.7 Å². The number of aryl methyl sites for hydroxylation is 1. The van der Waals surface area contributed by atoms with Gasteiger partial charge in [-0.25, -0.2) is 4.79 Å². The maximum absolute atomic E-state index is 13.0. The third-order valence-corrected chi connectivity index (χ3v) is 7.24. The predicted molar refractivity (Wildman–Crippen MR) is 145 cm³/mol. The molecule has 0 radical (unpaired) electrons. The zero-order valence-electron chi connectivity index (χ0n) is 21.9. The van der Waals surface area contributed by atoms with Crippen molar-refractivity contribution in [1.82, 2.24) is 15.5 Å². The number of imide groups is 1. The fraction of sp³-hybridized carbons (Fsp3) is 0.267. The van der Waals surface area contributed by atoms with Crippen LogP contribution in [0.5, 0.6) is 5.75 Å². The Morgan fingerprint density at radius 1 is 1.00 bits per heavy atom. The van der Waals surface area contributed by atoms with Crippen LogP contribution in [-0.4, -0.2) is 34.2 Å². The quantitative estimate of drug-likeness (QED) is 0.402. The molecule has 1 fully saturated rings. The van der Waals surface area contributed by atoms with Crippen molar-refractivity contribution < 1.29 is 23.9 Å². The number of amides is 5. The largest absolute Gasteiger partial charge is 0.489 e. The van der Waals surface area contributed by atoms with Gasteiger partial charge in [0.2, 0.25) is 5.91 Å². The van der Waals surface area contributed by atoms with E-state index in [9.17, 15) is 19.2 Å². The van der Waals surface area contributed by atoms with Crippen molar-refractivity contribution in [3.63, 3.8) is 0 Å². The number of hydrogen-bond acceptors (Lipinski definition) is 5. The highest BCUT2D eigenvalue weighted by Crippen LogP contribution is 2.34. The molecule has 3 aromatic carbocycles. The highest BCUT2D eigenvalue weighted by molar-refractivity contribution is 6.07. The molecule has 3 aromatic rings. The van der Waals surface area contributed by atoms with E-state index < -0.39 is 11.4 Å². The number of urea groups is 1. The van der Waals surface area contributed by atoms with Crippen LogP contribution >= 0.6 is 0 Å². The molecule has 2 aliphatic heterocycles. The summed E-state index contributed by atoms with van der Waals surface area (Å²) < 4.78 is 5.81. The summed E-state index contributed by atoms with van der Waals surface area (Å²) in [5.74, 6) is -0.310. The topological polar surface area (TPSA) is 117 Å². The highest BCUT2D eigenvalue weighted by Gasteiger charge is 2.48. The number of piperidine rings is 1. The zero-order valence-corrected chi connectivity index (χ0v) is 21.9. The third kappa shape index (κ3) is 5.62. The van der Waals surface area contributed by atoms with Crippen LogP contribution in [0.3, 0.4) is 0 Å². The number of hydrogen-bond donors (Lipinski definition) is 3. The third-order valence-electron chi connectivity index (χ3n) is 7.24. The lowest BCUT2D eigenvalue weighted by Gasteiger charge is -2.39. The molecule has 0 saturated carbocycles. The molecule has 1 atom stereocenters. The Balaban J connectivity index is 1.13. The van der Waals surface area contributed by atoms with Crippen LogP contribution in [0.2, 0.25) is 0 Å². The fourth-order valence-corrected chi connectivity index (χ4v) is 4.78. The Morgan fingerprint density at radius 2 is 1.72 bits per heavy atom. The van der Waals surface area contributed by atoms with E-state index in [0.29, 0.717) is 23.6 Å². The first-order chi connectivity index (χ1) is 18.7. The van der Waals surface area contributed by atoms with Gasteiger partial charge in [-0.15, -0.1) is 0 Å². The van der Waals surface area contributed by atoms with Gasteiger partial charge in [0, 0.05) is 30.8 Å². The molecule has 5 amide bonds. The lowest BCUT2D eigenvalue weighted by molar-refractivity contribution is -0.142. The van der Waals surface area contributed by atoms with Gasteiger partial charge >= 0.3 is 6.03 Å². The number of carbonyl (C=O) groups is 4. The fourth-order valence-electron chi connectivity index (χ4n) is 4.78. The van der Waals surface area contributed by atoms with Gasteiger partial charge < -0.3 is 20.3 Å². The normalized spacial score (nSPS) is 18.4. The molecule has 0 unspecified atom stereocenters. The van der Waals surface area contributed by atoms with Gasteiger partial charge in [-0.1, -0.05) is 42.0 Å². The number of carbonyl (C=O) groups excluding carboxylic acids is 4. The van der Waals surface area contributed by atoms with Crippen LogP contribution in [0.4, 0.5) is 10.5 Å². The smallest absolute Gasteiger partial charge is 0.319 e. The molecule has 9 nitrogen and oxygen atoms in total. The number of fused-ring (bicyclic) bond motifs is 1. The minimum absolute atomic E-state index is 0.190. The summed E-state index contributed by atoms with van der Waals surface area (Å²) in [5, 5.41) is 7.97. The Labute approximate surface area is 226 Å². The monoisotopic (exact) mass is 526 g/mol. The first kappa shape index (κ1) is 26.0. The van der Waals surface area contributed by atoms with Crippen LogP contribution in [0.1, 0.15) is 52.4 Å². The van der Waals surface area contributed by atoms with Crippen molar-refractivity contribution in [3.05, 3.63) is 94.5 Å². The average Bonchev–Trinajstić information content (AvgIpc) is 3.26. The highest BCUT2D eigenvalue weighted by atomic mass is 16.5. The van der Waals surface area contributed by atoms with Gasteiger partial charge in [0.05, 0.1) is 0 Å². The zero-order chi connectivity index (χ0) is 27.6. The van der Waals surface area contributed by atoms with E-state index in [2.05, 4.69) is 16.0 Å². The van der Waals surface area contributed by atoms with Crippen molar-refractivity contribution in [1.29, 1.82) is 0 Å². The maximum Gasteiger partial charge on any atom is 0.319 e. The van der Waals surface area contributed by atoms with Gasteiger partial charge in [0.25, 0.3) is 11.8 Å². The summed E-state index contributed by atoms with van der Waals surface area (Å²) in [6, 6.07) is 20.3. The van der Waals surface area contributed by atoms with E-state index in [4.69, 9.17) is 4.74 Å². The van der Waals surface area contributed by atoms with E-state index in [1.807, 2.05) is 37.3 Å². The number of rotatable bonds is 7. The lowest BCUT2D eigenvalue weighted by atomic mass is 9.89. The van der Waals surface area contributed by atoms with Crippen molar-refractivity contribution in [2.24, 2.45) is 0 Å². The Kier molecular flexibility index (Phi) is 7.06. The van der Waals surface area contributed by atoms with Crippen LogP contribution in [-0.2, 0) is 29.3 Å². The molecule has 0 bridgehead atoms. The van der Waals surface area contributed by atoms with Crippen molar-refractivity contribution >= 4 is 29.4 Å². The molecule has 0 aromatic heterocycles. The second-order valence-electron chi connectivity index (χ2n) is 10.1. The number of ether oxygens (including phenoxy) is 1. The van der Waals surface area contributed by atoms with Crippen molar-refractivity contribution in [2.45, 2.75) is 51.9 Å². The van der Waals surface area contributed by atoms with Gasteiger partial charge in [-0.3, -0.25) is 19.7 Å². The molecule has 5 rings (SSSR count). The second-order valence-corrected chi connectivity index (χ2v) is 10.1. The Bertz CT molecular complexity index is 1430. The molecule has 2 aliphatic rings. The van der Waals surface area contributed by atoms with E-state index >= 15 is 0 Å². The molecule has 9 heteroatoms. The standard InChI is InChI=1S/C30H30N4O5/c1-19-3-5-20(6-4-19)18-39-24-10-8-23(9-11-24)32-29(38)31-16-21-7-12-25-22(15-21)17-34(27(25)36)30(2)14-13-26(35)33-28(30)37/h3-12,15H,13-14,16-18H2,1-2H3,(H2,31,32,38)(H,33,35,37)/t30-/m1/s1. The van der Waals surface area contributed by atoms with Crippen LogP contribution < -0.4 is 20.7 Å². The molecular formula is C30H30N4O5. The molecule has 0 aliphatic carbocycles. The van der Waals surface area contributed by atoms with E-state index in [1.54, 1.807) is 43.3 Å². The molecule has 3 N–H and O–H groups in total. The minimum Gasteiger partial charge on any atom is -0.489 e. The van der Waals surface area contributed by atoms with Gasteiger partial charge in [-0.05, 0) is 67.3 Å². The summed E-state index contributed by atoms with van der Waals surface area (Å²) >= 11 is 0. The van der Waals surface area contributed by atoms with E-state index in [1.165, 1.54) is 10.5 Å². The summed E-state index contributed by atoms with van der Waals surface area (Å²) in [5.41, 5.74) is 3.96. The summed E-state index contributed by atoms with van der Waals surface area (Å²) in [6.45, 7) is 4.72. The van der Waals surface area contributed by atoms with Crippen LogP contribution in [0, 0.1) is 6.92 Å². The first-order valence-corrected chi connectivity index (χ1v) is 12.8. The summed E-state index contributed by atoms with van der Waals surface area (Å²) in [7, 11) is 0. The molecule has 200 valence electrons. The second kappa shape index (κ2) is 10.6. The first-order valence-electron chi connectivity index (χ1n) is 12.8. The average molecular weight is 527 g/mol. The molecule has 0 spiro atoms. The van der Waals surface area contributed by atoms with Crippen LogP contribution in [0.25, 0.3) is 0 Å². The van der Waals surface area contributed by atoms with Gasteiger partial charge in [-0.2, -0.15) is 0 Å².